The van der Waals surface area contributed by atoms with Crippen LogP contribution in [0.15, 0.2) is 30.5 Å². The van der Waals surface area contributed by atoms with Crippen LogP contribution in [0, 0.1) is 0 Å². The standard InChI is InChI=1S/C19H24BN3O3/c1-19(2,3)26-18(25)22-10-8-21(9-11-22)17(24)13-23-7-6-14-12-15(20)4-5-16(14)23/h4-7,12H,8-11,13H2,1-3H3. The van der Waals surface area contributed by atoms with Gasteiger partial charge in [0.25, 0.3) is 0 Å². The van der Waals surface area contributed by atoms with Crippen LogP contribution in [-0.2, 0) is 16.1 Å². The molecule has 7 heteroatoms. The number of carbonyl (C=O) groups excluding carboxylic acids is 2. The summed E-state index contributed by atoms with van der Waals surface area (Å²) in [4.78, 5) is 28.2. The van der Waals surface area contributed by atoms with E-state index in [1.807, 2.05) is 55.8 Å². The van der Waals surface area contributed by atoms with E-state index in [1.165, 1.54) is 0 Å². The zero-order valence-electron chi connectivity index (χ0n) is 15.6. The van der Waals surface area contributed by atoms with E-state index in [4.69, 9.17) is 12.6 Å². The van der Waals surface area contributed by atoms with E-state index in [1.54, 1.807) is 9.80 Å². The van der Waals surface area contributed by atoms with E-state index in [0.29, 0.717) is 31.6 Å². The van der Waals surface area contributed by atoms with Gasteiger partial charge in [0.15, 0.2) is 0 Å². The highest BCUT2D eigenvalue weighted by Gasteiger charge is 2.27. The molecule has 2 radical (unpaired) electrons. The molecule has 0 aliphatic carbocycles. The van der Waals surface area contributed by atoms with Crippen LogP contribution in [0.5, 0.6) is 0 Å². The molecule has 2 aromatic rings. The monoisotopic (exact) mass is 353 g/mol. The number of nitrogens with zero attached hydrogens (tertiary/aromatic N) is 3. The highest BCUT2D eigenvalue weighted by Crippen LogP contribution is 2.15. The van der Waals surface area contributed by atoms with Gasteiger partial charge in [0.2, 0.25) is 5.91 Å². The van der Waals surface area contributed by atoms with Gasteiger partial charge in [-0.2, -0.15) is 0 Å². The predicted octanol–water partition coefficient (Wildman–Crippen LogP) is 1.51. The number of piperazine rings is 1. The van der Waals surface area contributed by atoms with Crippen molar-refractivity contribution in [2.75, 3.05) is 26.2 Å². The minimum Gasteiger partial charge on any atom is -0.444 e. The Hall–Kier alpha value is -2.44. The van der Waals surface area contributed by atoms with Gasteiger partial charge in [-0.05, 0) is 38.3 Å². The smallest absolute Gasteiger partial charge is 0.410 e. The summed E-state index contributed by atoms with van der Waals surface area (Å²) >= 11 is 0. The summed E-state index contributed by atoms with van der Waals surface area (Å²) in [5, 5.41) is 1.02. The summed E-state index contributed by atoms with van der Waals surface area (Å²) in [5.41, 5.74) is 1.18. The number of hydrogen-bond donors (Lipinski definition) is 0. The molecule has 0 bridgehead atoms. The third kappa shape index (κ3) is 4.21. The fourth-order valence-electron chi connectivity index (χ4n) is 3.07. The Kier molecular flexibility index (Phi) is 4.98. The van der Waals surface area contributed by atoms with Gasteiger partial charge in [0, 0.05) is 37.9 Å². The molecule has 0 atom stereocenters. The van der Waals surface area contributed by atoms with Gasteiger partial charge in [0.1, 0.15) is 20.0 Å². The lowest BCUT2D eigenvalue weighted by Gasteiger charge is -2.35. The lowest BCUT2D eigenvalue weighted by atomic mass is 9.95. The fraction of sp³-hybridized carbons (Fsp3) is 0.474. The van der Waals surface area contributed by atoms with Crippen molar-refractivity contribution in [2.24, 2.45) is 0 Å². The first-order valence-corrected chi connectivity index (χ1v) is 8.83. The highest BCUT2D eigenvalue weighted by molar-refractivity contribution is 6.33. The number of hydrogen-bond acceptors (Lipinski definition) is 3. The molecule has 6 nitrogen and oxygen atoms in total. The maximum Gasteiger partial charge on any atom is 0.410 e. The molecule has 26 heavy (non-hydrogen) atoms. The maximum absolute atomic E-state index is 12.6. The van der Waals surface area contributed by atoms with Crippen LogP contribution in [0.3, 0.4) is 0 Å². The molecule has 2 amide bonds. The Labute approximate surface area is 155 Å². The topological polar surface area (TPSA) is 54.8 Å². The molecule has 1 aromatic carbocycles. The minimum atomic E-state index is -0.511. The molecular weight excluding hydrogens is 329 g/mol. The van der Waals surface area contributed by atoms with Gasteiger partial charge in [-0.25, -0.2) is 4.79 Å². The molecule has 0 unspecified atom stereocenters. The van der Waals surface area contributed by atoms with Crippen molar-refractivity contribution in [1.29, 1.82) is 0 Å². The molecule has 0 saturated carbocycles. The van der Waals surface area contributed by atoms with Crippen molar-refractivity contribution in [2.45, 2.75) is 32.9 Å². The van der Waals surface area contributed by atoms with E-state index in [-0.39, 0.29) is 18.5 Å². The summed E-state index contributed by atoms with van der Waals surface area (Å²) in [5.74, 6) is 0.0446. The van der Waals surface area contributed by atoms with Crippen LogP contribution in [0.2, 0.25) is 0 Å². The van der Waals surface area contributed by atoms with Gasteiger partial charge in [0.05, 0.1) is 0 Å². The van der Waals surface area contributed by atoms with Gasteiger partial charge in [-0.3, -0.25) is 4.79 Å². The third-order valence-corrected chi connectivity index (χ3v) is 4.38. The molecule has 0 spiro atoms. The number of ether oxygens (including phenoxy) is 1. The van der Waals surface area contributed by atoms with Crippen LogP contribution >= 0.6 is 0 Å². The van der Waals surface area contributed by atoms with Gasteiger partial charge < -0.3 is 19.1 Å². The summed E-state index contributed by atoms with van der Waals surface area (Å²) in [6.07, 6.45) is 1.58. The SMILES string of the molecule is [B]c1ccc2c(ccn2CC(=O)N2CCN(C(=O)OC(C)(C)C)CC2)c1. The Morgan fingerprint density at radius 1 is 1.08 bits per heavy atom. The lowest BCUT2D eigenvalue weighted by molar-refractivity contribution is -0.133. The van der Waals surface area contributed by atoms with Gasteiger partial charge >= 0.3 is 6.09 Å². The molecule has 1 fully saturated rings. The summed E-state index contributed by atoms with van der Waals surface area (Å²) < 4.78 is 7.31. The molecular formula is C19H24BN3O3. The number of amides is 2. The summed E-state index contributed by atoms with van der Waals surface area (Å²) in [6, 6.07) is 7.62. The van der Waals surface area contributed by atoms with Crippen molar-refractivity contribution < 1.29 is 14.3 Å². The molecule has 1 aliphatic rings. The average Bonchev–Trinajstić information content (AvgIpc) is 2.95. The molecule has 1 aliphatic heterocycles. The fourth-order valence-corrected chi connectivity index (χ4v) is 3.07. The molecule has 0 N–H and O–H groups in total. The van der Waals surface area contributed by atoms with E-state index >= 15 is 0 Å². The molecule has 2 heterocycles. The van der Waals surface area contributed by atoms with Crippen molar-refractivity contribution in [3.8, 4) is 0 Å². The van der Waals surface area contributed by atoms with Crippen molar-refractivity contribution in [3.05, 3.63) is 30.5 Å². The first-order valence-electron chi connectivity index (χ1n) is 8.83. The van der Waals surface area contributed by atoms with Crippen LogP contribution in [0.1, 0.15) is 20.8 Å². The van der Waals surface area contributed by atoms with E-state index in [2.05, 4.69) is 0 Å². The van der Waals surface area contributed by atoms with Crippen LogP contribution in [0.25, 0.3) is 10.9 Å². The van der Waals surface area contributed by atoms with Crippen LogP contribution < -0.4 is 5.46 Å². The number of benzene rings is 1. The number of fused-ring (bicyclic) bond motifs is 1. The zero-order valence-corrected chi connectivity index (χ0v) is 15.6. The second-order valence-electron chi connectivity index (χ2n) is 7.61. The lowest BCUT2D eigenvalue weighted by Crippen LogP contribution is -2.52. The first kappa shape index (κ1) is 18.4. The maximum atomic E-state index is 12.6. The quantitative estimate of drug-likeness (QED) is 0.770. The van der Waals surface area contributed by atoms with Crippen molar-refractivity contribution >= 4 is 36.2 Å². The highest BCUT2D eigenvalue weighted by atomic mass is 16.6. The van der Waals surface area contributed by atoms with Crippen molar-refractivity contribution in [3.63, 3.8) is 0 Å². The Balaban J connectivity index is 1.57. The first-order chi connectivity index (χ1) is 12.2. The Bertz CT molecular complexity index is 817. The zero-order chi connectivity index (χ0) is 18.9. The Morgan fingerprint density at radius 2 is 1.73 bits per heavy atom. The molecule has 136 valence electrons. The summed E-state index contributed by atoms with van der Waals surface area (Å²) in [7, 11) is 5.80. The van der Waals surface area contributed by atoms with Crippen LogP contribution in [-0.4, -0.2) is 66.0 Å². The average molecular weight is 353 g/mol. The largest absolute Gasteiger partial charge is 0.444 e. The minimum absolute atomic E-state index is 0.0446. The van der Waals surface area contributed by atoms with Gasteiger partial charge in [-0.1, -0.05) is 17.6 Å². The normalized spacial score (nSPS) is 15.3. The summed E-state index contributed by atoms with van der Waals surface area (Å²) in [6.45, 7) is 7.83. The number of aromatic nitrogens is 1. The molecule has 3 rings (SSSR count). The molecule has 1 saturated heterocycles. The van der Waals surface area contributed by atoms with E-state index in [0.717, 1.165) is 10.9 Å². The second-order valence-corrected chi connectivity index (χ2v) is 7.61. The second kappa shape index (κ2) is 7.06. The van der Waals surface area contributed by atoms with Gasteiger partial charge in [-0.15, -0.1) is 0 Å². The number of rotatable bonds is 2. The predicted molar refractivity (Wildman–Crippen MR) is 102 cm³/mol. The molecule has 1 aromatic heterocycles. The van der Waals surface area contributed by atoms with E-state index in [9.17, 15) is 9.59 Å². The van der Waals surface area contributed by atoms with Crippen molar-refractivity contribution in [1.82, 2.24) is 14.4 Å². The van der Waals surface area contributed by atoms with Crippen LogP contribution in [0.4, 0.5) is 4.79 Å². The van der Waals surface area contributed by atoms with E-state index < -0.39 is 5.60 Å². The Morgan fingerprint density at radius 3 is 2.38 bits per heavy atom. The third-order valence-electron chi connectivity index (χ3n) is 4.38. The number of carbonyl (C=O) groups is 2.